The van der Waals surface area contributed by atoms with Gasteiger partial charge in [-0.1, -0.05) is 0 Å². The summed E-state index contributed by atoms with van der Waals surface area (Å²) in [5, 5.41) is 4.93. The molecule has 1 aliphatic heterocycles. The Kier molecular flexibility index (Phi) is 4.16. The summed E-state index contributed by atoms with van der Waals surface area (Å²) in [6, 6.07) is 0. The molecule has 1 aromatic rings. The monoisotopic (exact) mass is 294 g/mol. The molecule has 1 saturated carbocycles. The Morgan fingerprint density at radius 2 is 2.05 bits per heavy atom. The molecule has 1 unspecified atom stereocenters. The first-order valence-electron chi connectivity index (χ1n) is 7.85. The number of nitrogens with one attached hydrogen (secondary N) is 1. The molecule has 0 bridgehead atoms. The quantitative estimate of drug-likeness (QED) is 0.917. The minimum atomic E-state index is 0.166. The van der Waals surface area contributed by atoms with E-state index in [-0.39, 0.29) is 5.54 Å². The van der Waals surface area contributed by atoms with Gasteiger partial charge in [0.25, 0.3) is 0 Å². The Morgan fingerprint density at radius 3 is 2.65 bits per heavy atom. The highest BCUT2D eigenvalue weighted by Gasteiger charge is 2.31. The van der Waals surface area contributed by atoms with E-state index in [2.05, 4.69) is 26.1 Å². The lowest BCUT2D eigenvalue weighted by Gasteiger charge is -2.20. The maximum Gasteiger partial charge on any atom is 0.0985 e. The van der Waals surface area contributed by atoms with E-state index in [0.717, 1.165) is 25.7 Å². The molecule has 3 nitrogen and oxygen atoms in total. The fraction of sp³-hybridized carbons (Fsp3) is 0.812. The topological polar surface area (TPSA) is 34.1 Å². The van der Waals surface area contributed by atoms with Crippen LogP contribution in [0.2, 0.25) is 0 Å². The predicted octanol–water partition coefficient (Wildman–Crippen LogP) is 3.80. The molecule has 1 aliphatic carbocycles. The Hall–Kier alpha value is -0.450. The van der Waals surface area contributed by atoms with Gasteiger partial charge in [-0.2, -0.15) is 0 Å². The van der Waals surface area contributed by atoms with E-state index in [9.17, 15) is 0 Å². The van der Waals surface area contributed by atoms with E-state index < -0.39 is 0 Å². The molecule has 1 saturated heterocycles. The zero-order valence-corrected chi connectivity index (χ0v) is 13.7. The van der Waals surface area contributed by atoms with Crippen molar-refractivity contribution in [2.75, 3.05) is 13.2 Å². The third kappa shape index (κ3) is 3.60. The fourth-order valence-corrected chi connectivity index (χ4v) is 3.85. The Labute approximate surface area is 126 Å². The normalized spacial score (nSPS) is 24.1. The summed E-state index contributed by atoms with van der Waals surface area (Å²) in [6.45, 7) is 9.42. The predicted molar refractivity (Wildman–Crippen MR) is 83.5 cm³/mol. The lowest BCUT2D eigenvalue weighted by atomic mass is 10.0. The van der Waals surface area contributed by atoms with Gasteiger partial charge in [0.05, 0.1) is 17.3 Å². The molecular weight excluding hydrogens is 268 g/mol. The largest absolute Gasteiger partial charge is 0.381 e. The molecule has 1 N–H and O–H groups in total. The van der Waals surface area contributed by atoms with Crippen molar-refractivity contribution in [3.8, 4) is 0 Å². The first-order chi connectivity index (χ1) is 9.53. The molecule has 3 rings (SSSR count). The Balaban J connectivity index is 1.75. The molecule has 112 valence electrons. The van der Waals surface area contributed by atoms with Crippen molar-refractivity contribution >= 4 is 11.3 Å². The number of hydrogen-bond acceptors (Lipinski definition) is 4. The van der Waals surface area contributed by atoms with Crippen LogP contribution in [-0.2, 0) is 11.3 Å². The van der Waals surface area contributed by atoms with Crippen LogP contribution in [0, 0.1) is 0 Å². The van der Waals surface area contributed by atoms with Crippen LogP contribution in [0.15, 0.2) is 0 Å². The van der Waals surface area contributed by atoms with E-state index in [4.69, 9.17) is 9.72 Å². The molecular formula is C16H26N2OS. The first kappa shape index (κ1) is 14.5. The molecule has 1 atom stereocenters. The maximum atomic E-state index is 5.63. The van der Waals surface area contributed by atoms with Crippen molar-refractivity contribution in [3.05, 3.63) is 15.6 Å². The molecule has 0 spiro atoms. The van der Waals surface area contributed by atoms with Gasteiger partial charge in [-0.05, 0) is 46.5 Å². The number of hydrogen-bond donors (Lipinski definition) is 1. The summed E-state index contributed by atoms with van der Waals surface area (Å²) in [6.07, 6.45) is 5.07. The minimum Gasteiger partial charge on any atom is -0.381 e. The number of thiazole rings is 1. The molecule has 2 fully saturated rings. The Bertz CT molecular complexity index is 454. The minimum absolute atomic E-state index is 0.166. The number of aromatic nitrogens is 1. The highest BCUT2D eigenvalue weighted by Crippen LogP contribution is 2.44. The Morgan fingerprint density at radius 1 is 1.25 bits per heavy atom. The first-order valence-corrected chi connectivity index (χ1v) is 8.67. The van der Waals surface area contributed by atoms with Gasteiger partial charge in [-0.3, -0.25) is 0 Å². The van der Waals surface area contributed by atoms with Gasteiger partial charge in [0.1, 0.15) is 0 Å². The molecule has 1 aromatic heterocycles. The van der Waals surface area contributed by atoms with Crippen molar-refractivity contribution in [3.63, 3.8) is 0 Å². The summed E-state index contributed by atoms with van der Waals surface area (Å²) in [5.41, 5.74) is 1.55. The molecule has 0 radical (unpaired) electrons. The maximum absolute atomic E-state index is 5.63. The van der Waals surface area contributed by atoms with Crippen LogP contribution in [0.5, 0.6) is 0 Å². The third-order valence-electron chi connectivity index (χ3n) is 4.00. The van der Waals surface area contributed by atoms with Crippen LogP contribution < -0.4 is 5.32 Å². The zero-order chi connectivity index (χ0) is 14.2. The highest BCUT2D eigenvalue weighted by atomic mass is 32.1. The van der Waals surface area contributed by atoms with Gasteiger partial charge in [0.15, 0.2) is 0 Å². The molecule has 0 aromatic carbocycles. The third-order valence-corrected chi connectivity index (χ3v) is 5.23. The highest BCUT2D eigenvalue weighted by molar-refractivity contribution is 7.11. The van der Waals surface area contributed by atoms with Gasteiger partial charge >= 0.3 is 0 Å². The van der Waals surface area contributed by atoms with E-state index >= 15 is 0 Å². The fourth-order valence-electron chi connectivity index (χ4n) is 2.64. The van der Waals surface area contributed by atoms with Crippen molar-refractivity contribution in [1.82, 2.24) is 10.3 Å². The van der Waals surface area contributed by atoms with E-state index in [1.807, 2.05) is 11.3 Å². The zero-order valence-electron chi connectivity index (χ0n) is 12.9. The van der Waals surface area contributed by atoms with Crippen LogP contribution >= 0.6 is 11.3 Å². The molecule has 4 heteroatoms. The lowest BCUT2D eigenvalue weighted by molar-refractivity contribution is 0.0803. The lowest BCUT2D eigenvalue weighted by Crippen LogP contribution is -2.35. The number of rotatable bonds is 4. The van der Waals surface area contributed by atoms with E-state index in [1.54, 1.807) is 0 Å². The average molecular weight is 294 g/mol. The van der Waals surface area contributed by atoms with Gasteiger partial charge in [-0.25, -0.2) is 4.98 Å². The summed E-state index contributed by atoms with van der Waals surface area (Å²) >= 11 is 1.92. The van der Waals surface area contributed by atoms with Gasteiger partial charge in [0, 0.05) is 35.4 Å². The second-order valence-corrected chi connectivity index (χ2v) is 8.27. The summed E-state index contributed by atoms with van der Waals surface area (Å²) < 4.78 is 5.63. The second kappa shape index (κ2) is 5.74. The van der Waals surface area contributed by atoms with Crippen molar-refractivity contribution < 1.29 is 4.74 Å². The van der Waals surface area contributed by atoms with E-state index in [1.165, 1.54) is 41.3 Å². The standard InChI is InChI=1S/C16H26N2OS/c1-16(2,3)17-9-13-14(11-6-7-11)18-15(20-13)12-5-4-8-19-10-12/h11-12,17H,4-10H2,1-3H3. The number of nitrogens with zero attached hydrogens (tertiary/aromatic N) is 1. The molecule has 0 amide bonds. The van der Waals surface area contributed by atoms with Crippen LogP contribution in [0.1, 0.15) is 73.9 Å². The summed E-state index contributed by atoms with van der Waals surface area (Å²) in [4.78, 5) is 6.46. The van der Waals surface area contributed by atoms with Crippen LogP contribution in [-0.4, -0.2) is 23.7 Å². The molecule has 2 aliphatic rings. The van der Waals surface area contributed by atoms with Gasteiger partial charge < -0.3 is 10.1 Å². The van der Waals surface area contributed by atoms with Crippen LogP contribution in [0.3, 0.4) is 0 Å². The van der Waals surface area contributed by atoms with Crippen molar-refractivity contribution in [2.24, 2.45) is 0 Å². The van der Waals surface area contributed by atoms with E-state index in [0.29, 0.717) is 5.92 Å². The van der Waals surface area contributed by atoms with Gasteiger partial charge in [0.2, 0.25) is 0 Å². The van der Waals surface area contributed by atoms with Crippen molar-refractivity contribution in [1.29, 1.82) is 0 Å². The van der Waals surface area contributed by atoms with Crippen molar-refractivity contribution in [2.45, 2.75) is 70.4 Å². The molecule has 20 heavy (non-hydrogen) atoms. The SMILES string of the molecule is CC(C)(C)NCc1sc(C2CCCOC2)nc1C1CC1. The average Bonchev–Trinajstić information content (AvgIpc) is 3.17. The smallest absolute Gasteiger partial charge is 0.0985 e. The summed E-state index contributed by atoms with van der Waals surface area (Å²) in [7, 11) is 0. The number of ether oxygens (including phenoxy) is 1. The van der Waals surface area contributed by atoms with Crippen LogP contribution in [0.25, 0.3) is 0 Å². The van der Waals surface area contributed by atoms with Crippen LogP contribution in [0.4, 0.5) is 0 Å². The summed E-state index contributed by atoms with van der Waals surface area (Å²) in [5.74, 6) is 1.27. The van der Waals surface area contributed by atoms with Gasteiger partial charge in [-0.15, -0.1) is 11.3 Å². The second-order valence-electron chi connectivity index (χ2n) is 7.15. The molecule has 2 heterocycles.